The van der Waals surface area contributed by atoms with E-state index in [1.807, 2.05) is 13.1 Å². The summed E-state index contributed by atoms with van der Waals surface area (Å²) in [5.74, 6) is 0. The predicted molar refractivity (Wildman–Crippen MR) is 51.4 cm³/mol. The van der Waals surface area contributed by atoms with Crippen molar-refractivity contribution in [3.05, 3.63) is 36.1 Å². The van der Waals surface area contributed by atoms with Gasteiger partial charge in [0.05, 0.1) is 0 Å². The van der Waals surface area contributed by atoms with Gasteiger partial charge in [-0.3, -0.25) is 0 Å². The Morgan fingerprint density at radius 1 is 1.45 bits per heavy atom. The van der Waals surface area contributed by atoms with Crippen LogP contribution in [0.1, 0.15) is 20.3 Å². The summed E-state index contributed by atoms with van der Waals surface area (Å²) in [7, 11) is 1.87. The zero-order valence-electron chi connectivity index (χ0n) is 7.65. The van der Waals surface area contributed by atoms with Gasteiger partial charge in [0.1, 0.15) is 0 Å². The second-order valence-electron chi connectivity index (χ2n) is 2.46. The monoisotopic (exact) mass is 151 g/mol. The molecule has 0 spiro atoms. The Morgan fingerprint density at radius 3 is 2.55 bits per heavy atom. The predicted octanol–water partition coefficient (Wildman–Crippen LogP) is 2.63. The van der Waals surface area contributed by atoms with Gasteiger partial charge in [-0.15, -0.1) is 0 Å². The summed E-state index contributed by atoms with van der Waals surface area (Å²) in [6, 6.07) is 0. The average molecular weight is 151 g/mol. The summed E-state index contributed by atoms with van der Waals surface area (Å²) in [6.45, 7) is 8.00. The second kappa shape index (κ2) is 5.78. The molecule has 0 amide bonds. The first-order chi connectivity index (χ1) is 5.20. The maximum atomic E-state index is 3.78. The molecule has 0 saturated carbocycles. The molecular weight excluding hydrogens is 134 g/mol. The van der Waals surface area contributed by atoms with Crippen LogP contribution in [0.4, 0.5) is 0 Å². The van der Waals surface area contributed by atoms with E-state index in [1.54, 1.807) is 0 Å². The molecule has 1 heteroatoms. The van der Waals surface area contributed by atoms with E-state index in [0.717, 1.165) is 12.1 Å². The summed E-state index contributed by atoms with van der Waals surface area (Å²) in [5.41, 5.74) is 2.22. The molecule has 0 aromatic carbocycles. The minimum atomic E-state index is 0.939. The molecule has 0 saturated heterocycles. The maximum Gasteiger partial charge on any atom is 0.0264 e. The number of allylic oxidation sites excluding steroid dienone is 4. The van der Waals surface area contributed by atoms with E-state index in [-0.39, 0.29) is 0 Å². The van der Waals surface area contributed by atoms with Crippen molar-refractivity contribution in [3.63, 3.8) is 0 Å². The molecule has 0 aromatic rings. The van der Waals surface area contributed by atoms with Gasteiger partial charge < -0.3 is 5.32 Å². The van der Waals surface area contributed by atoms with Crippen LogP contribution in [0.5, 0.6) is 0 Å². The van der Waals surface area contributed by atoms with E-state index < -0.39 is 0 Å². The van der Waals surface area contributed by atoms with Crippen molar-refractivity contribution >= 4 is 0 Å². The van der Waals surface area contributed by atoms with Crippen LogP contribution in [-0.4, -0.2) is 7.05 Å². The van der Waals surface area contributed by atoms with Gasteiger partial charge in [0.15, 0.2) is 0 Å². The Kier molecular flexibility index (Phi) is 5.26. The molecule has 0 unspecified atom stereocenters. The molecule has 0 heterocycles. The second-order valence-corrected chi connectivity index (χ2v) is 2.46. The summed E-state index contributed by atoms with van der Waals surface area (Å²) in [5, 5.41) is 2.95. The first-order valence-electron chi connectivity index (χ1n) is 3.92. The Hall–Kier alpha value is -0.980. The Morgan fingerprint density at radius 2 is 2.09 bits per heavy atom. The van der Waals surface area contributed by atoms with Crippen LogP contribution >= 0.6 is 0 Å². The third-order valence-corrected chi connectivity index (χ3v) is 1.39. The first-order valence-corrected chi connectivity index (χ1v) is 3.92. The smallest absolute Gasteiger partial charge is 0.0264 e. The number of nitrogens with one attached hydrogen (secondary N) is 1. The molecule has 0 aliphatic heterocycles. The summed E-state index contributed by atoms with van der Waals surface area (Å²) >= 11 is 0. The number of hydrogen-bond donors (Lipinski definition) is 1. The van der Waals surface area contributed by atoms with Crippen molar-refractivity contribution in [2.24, 2.45) is 0 Å². The Labute approximate surface area is 69.5 Å². The highest BCUT2D eigenvalue weighted by Crippen LogP contribution is 1.98. The Balaban J connectivity index is 3.92. The fraction of sp³-hybridized carbons (Fsp3) is 0.400. The minimum absolute atomic E-state index is 0.939. The first kappa shape index (κ1) is 10.0. The highest BCUT2D eigenvalue weighted by atomic mass is 14.8. The molecule has 0 aliphatic carbocycles. The fourth-order valence-electron chi connectivity index (χ4n) is 0.705. The molecule has 1 nitrogen and oxygen atoms in total. The summed E-state index contributed by atoms with van der Waals surface area (Å²) in [4.78, 5) is 0. The minimum Gasteiger partial charge on any atom is -0.389 e. The molecule has 62 valence electrons. The highest BCUT2D eigenvalue weighted by Gasteiger charge is 1.81. The summed E-state index contributed by atoms with van der Waals surface area (Å²) < 4.78 is 0. The van der Waals surface area contributed by atoms with Crippen LogP contribution in [-0.2, 0) is 0 Å². The lowest BCUT2D eigenvalue weighted by Crippen LogP contribution is -2.00. The summed E-state index contributed by atoms with van der Waals surface area (Å²) in [6.07, 6.45) is 7.30. The van der Waals surface area contributed by atoms with Gasteiger partial charge in [0, 0.05) is 12.7 Å². The molecule has 0 radical (unpaired) electrons. The van der Waals surface area contributed by atoms with Gasteiger partial charge in [-0.05, 0) is 19.4 Å². The van der Waals surface area contributed by atoms with Crippen LogP contribution in [0.15, 0.2) is 36.1 Å². The standard InChI is InChI=1S/C10H17N/c1-5-6-9(2)7-8-10(3)11-4/h6-8,11H,3,5H2,1-2,4H3/b8-7-,9-6-. The lowest BCUT2D eigenvalue weighted by atomic mass is 10.2. The SMILES string of the molecule is C=C(/C=C\C(C)=C/CC)NC. The van der Waals surface area contributed by atoms with Gasteiger partial charge in [0.25, 0.3) is 0 Å². The topological polar surface area (TPSA) is 12.0 Å². The van der Waals surface area contributed by atoms with E-state index in [9.17, 15) is 0 Å². The number of likely N-dealkylation sites (N-methyl/N-ethyl adjacent to an activating group) is 1. The van der Waals surface area contributed by atoms with Crippen LogP contribution in [0.2, 0.25) is 0 Å². The molecule has 0 atom stereocenters. The van der Waals surface area contributed by atoms with Crippen molar-refractivity contribution in [2.75, 3.05) is 7.05 Å². The van der Waals surface area contributed by atoms with Crippen molar-refractivity contribution in [1.29, 1.82) is 0 Å². The molecule has 0 aliphatic rings. The van der Waals surface area contributed by atoms with E-state index >= 15 is 0 Å². The van der Waals surface area contributed by atoms with Crippen LogP contribution in [0, 0.1) is 0 Å². The molecule has 0 aromatic heterocycles. The molecule has 0 bridgehead atoms. The van der Waals surface area contributed by atoms with Crippen LogP contribution < -0.4 is 5.32 Å². The lowest BCUT2D eigenvalue weighted by molar-refractivity contribution is 1.04. The number of hydrogen-bond acceptors (Lipinski definition) is 1. The van der Waals surface area contributed by atoms with Gasteiger partial charge in [0.2, 0.25) is 0 Å². The van der Waals surface area contributed by atoms with E-state index in [4.69, 9.17) is 0 Å². The quantitative estimate of drug-likeness (QED) is 0.609. The fourth-order valence-corrected chi connectivity index (χ4v) is 0.705. The van der Waals surface area contributed by atoms with Gasteiger partial charge in [-0.2, -0.15) is 0 Å². The van der Waals surface area contributed by atoms with Gasteiger partial charge in [-0.1, -0.05) is 31.2 Å². The Bertz CT molecular complexity index is 175. The third-order valence-electron chi connectivity index (χ3n) is 1.39. The van der Waals surface area contributed by atoms with E-state index in [2.05, 4.69) is 37.9 Å². The van der Waals surface area contributed by atoms with Crippen molar-refractivity contribution in [3.8, 4) is 0 Å². The van der Waals surface area contributed by atoms with E-state index in [1.165, 1.54) is 5.57 Å². The van der Waals surface area contributed by atoms with Gasteiger partial charge >= 0.3 is 0 Å². The number of rotatable bonds is 4. The van der Waals surface area contributed by atoms with Crippen LogP contribution in [0.25, 0.3) is 0 Å². The van der Waals surface area contributed by atoms with Crippen molar-refractivity contribution in [1.82, 2.24) is 5.32 Å². The molecule has 1 N–H and O–H groups in total. The average Bonchev–Trinajstić information content (AvgIpc) is 2.01. The van der Waals surface area contributed by atoms with Crippen molar-refractivity contribution in [2.45, 2.75) is 20.3 Å². The van der Waals surface area contributed by atoms with Crippen LogP contribution in [0.3, 0.4) is 0 Å². The third kappa shape index (κ3) is 5.46. The zero-order valence-corrected chi connectivity index (χ0v) is 7.65. The molecular formula is C10H17N. The largest absolute Gasteiger partial charge is 0.389 e. The maximum absolute atomic E-state index is 3.78. The molecule has 0 rings (SSSR count). The van der Waals surface area contributed by atoms with E-state index in [0.29, 0.717) is 0 Å². The zero-order chi connectivity index (χ0) is 8.69. The molecule has 11 heavy (non-hydrogen) atoms. The lowest BCUT2D eigenvalue weighted by Gasteiger charge is -1.95. The van der Waals surface area contributed by atoms with Crippen molar-refractivity contribution < 1.29 is 0 Å². The highest BCUT2D eigenvalue weighted by molar-refractivity contribution is 5.23. The normalized spacial score (nSPS) is 12.1. The van der Waals surface area contributed by atoms with Gasteiger partial charge in [-0.25, -0.2) is 0 Å². The molecule has 0 fully saturated rings.